The van der Waals surface area contributed by atoms with Crippen LogP contribution < -0.4 is 15.5 Å². The molecule has 204 valence electrons. The summed E-state index contributed by atoms with van der Waals surface area (Å²) in [6, 6.07) is 12.3. The fourth-order valence-electron chi connectivity index (χ4n) is 4.08. The average molecular weight is 589 g/mol. The zero-order valence-corrected chi connectivity index (χ0v) is 23.8. The van der Waals surface area contributed by atoms with Crippen LogP contribution in [0.25, 0.3) is 0 Å². The van der Waals surface area contributed by atoms with Crippen LogP contribution >= 0.6 is 34.5 Å². The van der Waals surface area contributed by atoms with Crippen molar-refractivity contribution in [1.29, 1.82) is 0 Å². The number of carbonyl (C=O) groups is 3. The fraction of sp³-hybridized carbons (Fsp3) is 0.286. The highest BCUT2D eigenvalue weighted by molar-refractivity contribution is 7.17. The second-order valence-electron chi connectivity index (χ2n) is 8.78. The summed E-state index contributed by atoms with van der Waals surface area (Å²) >= 11 is 13.4. The van der Waals surface area contributed by atoms with Crippen molar-refractivity contribution in [3.8, 4) is 5.75 Å². The third-order valence-corrected chi connectivity index (χ3v) is 7.89. The summed E-state index contributed by atoms with van der Waals surface area (Å²) in [5.74, 6) is -1.74. The van der Waals surface area contributed by atoms with Crippen LogP contribution in [0, 0.1) is 0 Å². The quantitative estimate of drug-likeness (QED) is 0.142. The Labute approximate surface area is 240 Å². The molecular formula is C28H27Cl2N3O5S. The van der Waals surface area contributed by atoms with E-state index >= 15 is 0 Å². The molecular weight excluding hydrogens is 561 g/mol. The first-order valence-corrected chi connectivity index (χ1v) is 14.0. The van der Waals surface area contributed by atoms with Crippen molar-refractivity contribution in [2.75, 3.05) is 11.9 Å². The molecule has 3 aromatic rings. The molecule has 0 bridgehead atoms. The number of nitrogens with zero attached hydrogens (tertiary/aromatic N) is 1. The minimum atomic E-state index is -0.949. The van der Waals surface area contributed by atoms with Crippen LogP contribution in [0.4, 0.5) is 5.00 Å². The molecule has 0 spiro atoms. The molecule has 0 aliphatic heterocycles. The number of rotatable bonds is 8. The molecule has 11 heteroatoms. The van der Waals surface area contributed by atoms with Gasteiger partial charge < -0.3 is 14.8 Å². The van der Waals surface area contributed by atoms with Gasteiger partial charge in [0.1, 0.15) is 17.4 Å². The van der Waals surface area contributed by atoms with Crippen LogP contribution in [0.1, 0.15) is 58.6 Å². The maximum Gasteiger partial charge on any atom is 0.341 e. The van der Waals surface area contributed by atoms with E-state index in [4.69, 9.17) is 32.7 Å². The van der Waals surface area contributed by atoms with Gasteiger partial charge in [-0.3, -0.25) is 9.59 Å². The number of esters is 1. The van der Waals surface area contributed by atoms with E-state index in [9.17, 15) is 14.4 Å². The van der Waals surface area contributed by atoms with E-state index in [1.165, 1.54) is 11.3 Å². The van der Waals surface area contributed by atoms with Gasteiger partial charge >= 0.3 is 17.8 Å². The number of benzene rings is 2. The minimum Gasteiger partial charge on any atom is -0.489 e. The second-order valence-corrected chi connectivity index (χ2v) is 10.7. The molecule has 0 atom stereocenters. The SMILES string of the molecule is CCOC(=O)c1c(NC(=O)C(=O)NN=C(C)c2ccc(OCc3ccc(Cl)cc3Cl)cc2)sc2c1CCCC2. The molecule has 2 N–H and O–H groups in total. The summed E-state index contributed by atoms with van der Waals surface area (Å²) in [5.41, 5.74) is 5.54. The largest absolute Gasteiger partial charge is 0.489 e. The van der Waals surface area contributed by atoms with Crippen molar-refractivity contribution in [2.45, 2.75) is 46.1 Å². The van der Waals surface area contributed by atoms with Crippen molar-refractivity contribution in [3.05, 3.63) is 79.6 Å². The molecule has 4 rings (SSSR count). The summed E-state index contributed by atoms with van der Waals surface area (Å²) in [6.45, 7) is 3.92. The van der Waals surface area contributed by atoms with E-state index in [0.717, 1.165) is 47.3 Å². The van der Waals surface area contributed by atoms with Crippen LogP contribution in [-0.2, 0) is 33.8 Å². The highest BCUT2D eigenvalue weighted by atomic mass is 35.5. The van der Waals surface area contributed by atoms with Crippen molar-refractivity contribution < 1.29 is 23.9 Å². The number of anilines is 1. The molecule has 0 fully saturated rings. The fourth-order valence-corrected chi connectivity index (χ4v) is 5.81. The number of thiophene rings is 1. The minimum absolute atomic E-state index is 0.217. The van der Waals surface area contributed by atoms with Crippen LogP contribution in [0.2, 0.25) is 10.0 Å². The van der Waals surface area contributed by atoms with Gasteiger partial charge in [-0.1, -0.05) is 29.3 Å². The first-order chi connectivity index (χ1) is 18.8. The van der Waals surface area contributed by atoms with Crippen molar-refractivity contribution in [1.82, 2.24) is 5.43 Å². The number of aryl methyl sites for hydroxylation is 1. The Morgan fingerprint density at radius 1 is 1.03 bits per heavy atom. The number of carbonyl (C=O) groups excluding carboxylic acids is 3. The van der Waals surface area contributed by atoms with Gasteiger partial charge in [0.15, 0.2) is 0 Å². The molecule has 0 radical (unpaired) electrons. The second kappa shape index (κ2) is 13.1. The van der Waals surface area contributed by atoms with Crippen molar-refractivity contribution >= 4 is 63.0 Å². The predicted octanol–water partition coefficient (Wildman–Crippen LogP) is 6.17. The van der Waals surface area contributed by atoms with Crippen molar-refractivity contribution in [3.63, 3.8) is 0 Å². The first-order valence-electron chi connectivity index (χ1n) is 12.4. The molecule has 39 heavy (non-hydrogen) atoms. The molecule has 0 saturated carbocycles. The summed E-state index contributed by atoms with van der Waals surface area (Å²) < 4.78 is 11.0. The van der Waals surface area contributed by atoms with Gasteiger partial charge in [0, 0.05) is 20.5 Å². The lowest BCUT2D eigenvalue weighted by atomic mass is 9.95. The maximum absolute atomic E-state index is 12.6. The van der Waals surface area contributed by atoms with Crippen LogP contribution in [0.5, 0.6) is 5.75 Å². The summed E-state index contributed by atoms with van der Waals surface area (Å²) in [7, 11) is 0. The number of ether oxygens (including phenoxy) is 2. The highest BCUT2D eigenvalue weighted by Gasteiger charge is 2.28. The van der Waals surface area contributed by atoms with Crippen molar-refractivity contribution in [2.24, 2.45) is 5.10 Å². The van der Waals surface area contributed by atoms with Crippen LogP contribution in [0.3, 0.4) is 0 Å². The van der Waals surface area contributed by atoms with Crippen LogP contribution in [-0.4, -0.2) is 30.1 Å². The number of amides is 2. The van der Waals surface area contributed by atoms with Gasteiger partial charge in [0.25, 0.3) is 0 Å². The summed E-state index contributed by atoms with van der Waals surface area (Å²) in [4.78, 5) is 38.7. The lowest BCUT2D eigenvalue weighted by Gasteiger charge is -2.12. The van der Waals surface area contributed by atoms with E-state index in [1.807, 2.05) is 0 Å². The topological polar surface area (TPSA) is 106 Å². The van der Waals surface area contributed by atoms with Gasteiger partial charge in [-0.15, -0.1) is 11.3 Å². The van der Waals surface area contributed by atoms with E-state index < -0.39 is 17.8 Å². The van der Waals surface area contributed by atoms with Crippen LogP contribution in [0.15, 0.2) is 47.6 Å². The number of nitrogens with one attached hydrogen (secondary N) is 2. The molecule has 2 amide bonds. The third kappa shape index (κ3) is 7.17. The zero-order valence-electron chi connectivity index (χ0n) is 21.4. The Morgan fingerprint density at radius 3 is 2.49 bits per heavy atom. The monoisotopic (exact) mass is 587 g/mol. The molecule has 0 saturated heterocycles. The molecule has 1 aliphatic carbocycles. The first kappa shape index (κ1) is 28.6. The van der Waals surface area contributed by atoms with Gasteiger partial charge in [-0.05, 0) is 87.1 Å². The van der Waals surface area contributed by atoms with E-state index in [1.54, 1.807) is 56.3 Å². The molecule has 1 heterocycles. The lowest BCUT2D eigenvalue weighted by molar-refractivity contribution is -0.136. The molecule has 2 aromatic carbocycles. The molecule has 1 aromatic heterocycles. The molecule has 1 aliphatic rings. The van der Waals surface area contributed by atoms with Gasteiger partial charge in [0.2, 0.25) is 0 Å². The van der Waals surface area contributed by atoms with Gasteiger partial charge in [-0.2, -0.15) is 5.10 Å². The lowest BCUT2D eigenvalue weighted by Crippen LogP contribution is -2.33. The van der Waals surface area contributed by atoms with Gasteiger partial charge in [0.05, 0.1) is 17.9 Å². The third-order valence-electron chi connectivity index (χ3n) is 6.09. The smallest absolute Gasteiger partial charge is 0.341 e. The Bertz CT molecular complexity index is 1420. The van der Waals surface area contributed by atoms with E-state index in [2.05, 4.69) is 15.8 Å². The number of hydrogen-bond donors (Lipinski definition) is 2. The number of hydrazone groups is 1. The summed E-state index contributed by atoms with van der Waals surface area (Å²) in [5, 5.41) is 8.04. The number of halogens is 2. The maximum atomic E-state index is 12.6. The zero-order chi connectivity index (χ0) is 27.9. The van der Waals surface area contributed by atoms with E-state index in [0.29, 0.717) is 32.1 Å². The Morgan fingerprint density at radius 2 is 1.77 bits per heavy atom. The standard InChI is InChI=1S/C28H27Cl2N3O5S/c1-3-37-28(36)24-21-6-4-5-7-23(21)39-27(24)31-25(34)26(35)33-32-16(2)17-9-12-20(13-10-17)38-15-18-8-11-19(29)14-22(18)30/h8-14H,3-7,15H2,1-2H3,(H,31,34)(H,33,35). The summed E-state index contributed by atoms with van der Waals surface area (Å²) in [6.07, 6.45) is 3.55. The number of fused-ring (bicyclic) bond motifs is 1. The number of hydrogen-bond acceptors (Lipinski definition) is 7. The molecule has 8 nitrogen and oxygen atoms in total. The normalized spacial score (nSPS) is 12.9. The van der Waals surface area contributed by atoms with Gasteiger partial charge in [-0.25, -0.2) is 10.2 Å². The Balaban J connectivity index is 1.36. The predicted molar refractivity (Wildman–Crippen MR) is 153 cm³/mol. The molecule has 0 unspecified atom stereocenters. The Kier molecular flexibility index (Phi) is 9.61. The van der Waals surface area contributed by atoms with E-state index in [-0.39, 0.29) is 13.2 Å². The Hall–Kier alpha value is -3.40. The highest BCUT2D eigenvalue weighted by Crippen LogP contribution is 2.38. The average Bonchev–Trinajstić information content (AvgIpc) is 3.29.